The van der Waals surface area contributed by atoms with Gasteiger partial charge in [0.25, 0.3) is 0 Å². The second-order valence-corrected chi connectivity index (χ2v) is 5.08. The molecule has 1 aromatic rings. The van der Waals surface area contributed by atoms with Gasteiger partial charge in [0.1, 0.15) is 5.83 Å². The predicted octanol–water partition coefficient (Wildman–Crippen LogP) is 5.01. The van der Waals surface area contributed by atoms with Gasteiger partial charge in [-0.1, -0.05) is 25.3 Å². The van der Waals surface area contributed by atoms with Crippen molar-refractivity contribution in [2.45, 2.75) is 19.1 Å². The molecule has 0 aromatic heterocycles. The Kier molecular flexibility index (Phi) is 3.05. The molecule has 1 nitrogen and oxygen atoms in total. The molecule has 0 saturated carbocycles. The van der Waals surface area contributed by atoms with Gasteiger partial charge in [0, 0.05) is 23.2 Å². The Bertz CT molecular complexity index is 668. The van der Waals surface area contributed by atoms with Crippen LogP contribution in [0, 0.1) is 0 Å². The number of hydrogen-bond donors (Lipinski definition) is 1. The predicted molar refractivity (Wildman–Crippen MR) is 79.5 cm³/mol. The first-order valence-corrected chi connectivity index (χ1v) is 6.55. The average Bonchev–Trinajstić information content (AvgIpc) is 2.74. The fourth-order valence-corrected chi connectivity index (χ4v) is 2.53. The van der Waals surface area contributed by atoms with E-state index in [1.807, 2.05) is 18.2 Å². The largest absolute Gasteiger partial charge is 0.352 e. The molecule has 0 fully saturated rings. The molecule has 102 valence electrons. The van der Waals surface area contributed by atoms with E-state index >= 15 is 0 Å². The van der Waals surface area contributed by atoms with Crippen LogP contribution in [0.1, 0.15) is 24.0 Å². The number of benzene rings is 1. The third kappa shape index (κ3) is 2.09. The Morgan fingerprint density at radius 1 is 1.25 bits per heavy atom. The monoisotopic (exact) mass is 271 g/mol. The van der Waals surface area contributed by atoms with E-state index in [0.717, 1.165) is 28.0 Å². The Hall–Kier alpha value is -2.16. The van der Waals surface area contributed by atoms with Crippen LogP contribution in [0.15, 0.2) is 54.9 Å². The minimum absolute atomic E-state index is 0.103. The summed E-state index contributed by atoms with van der Waals surface area (Å²) < 4.78 is 26.6. The topological polar surface area (TPSA) is 12.0 Å². The first kappa shape index (κ1) is 12.9. The van der Waals surface area contributed by atoms with Crippen LogP contribution < -0.4 is 5.32 Å². The van der Waals surface area contributed by atoms with Crippen molar-refractivity contribution < 1.29 is 8.78 Å². The lowest BCUT2D eigenvalue weighted by atomic mass is 9.91. The van der Waals surface area contributed by atoms with E-state index in [2.05, 4.69) is 18.5 Å². The van der Waals surface area contributed by atoms with Gasteiger partial charge >= 0.3 is 0 Å². The van der Waals surface area contributed by atoms with Crippen molar-refractivity contribution in [2.75, 3.05) is 5.32 Å². The number of nitrogens with one attached hydrogen (secondary N) is 1. The molecule has 0 amide bonds. The Morgan fingerprint density at radius 2 is 2.05 bits per heavy atom. The molecule has 0 bridgehead atoms. The summed E-state index contributed by atoms with van der Waals surface area (Å²) in [4.78, 5) is 0. The lowest BCUT2D eigenvalue weighted by Gasteiger charge is -2.14. The highest BCUT2D eigenvalue weighted by atomic mass is 19.1. The van der Waals surface area contributed by atoms with Crippen molar-refractivity contribution >= 4 is 16.8 Å². The first-order chi connectivity index (χ1) is 9.56. The maximum absolute atomic E-state index is 13.5. The molecule has 0 saturated heterocycles. The summed E-state index contributed by atoms with van der Waals surface area (Å²) in [6.45, 7) is 7.84. The molecule has 1 unspecified atom stereocenters. The second kappa shape index (κ2) is 4.75. The Labute approximate surface area is 117 Å². The lowest BCUT2D eigenvalue weighted by Crippen LogP contribution is -2.05. The summed E-state index contributed by atoms with van der Waals surface area (Å²) in [5, 5.41) is 2.73. The normalized spacial score (nSPS) is 20.9. The van der Waals surface area contributed by atoms with E-state index in [1.54, 1.807) is 6.08 Å². The summed E-state index contributed by atoms with van der Waals surface area (Å²) in [5.74, 6) is -0.103. The molecule has 2 aliphatic rings. The number of halogens is 2. The molecule has 3 rings (SSSR count). The van der Waals surface area contributed by atoms with Crippen molar-refractivity contribution in [2.24, 2.45) is 0 Å². The van der Waals surface area contributed by atoms with Crippen molar-refractivity contribution in [3.8, 4) is 0 Å². The van der Waals surface area contributed by atoms with Crippen molar-refractivity contribution in [3.63, 3.8) is 0 Å². The molecule has 0 spiro atoms. The zero-order chi connectivity index (χ0) is 14.3. The average molecular weight is 271 g/mol. The Balaban J connectivity index is 1.93. The number of rotatable bonds is 2. The van der Waals surface area contributed by atoms with E-state index < -0.39 is 6.30 Å². The van der Waals surface area contributed by atoms with Crippen molar-refractivity contribution in [1.82, 2.24) is 0 Å². The van der Waals surface area contributed by atoms with Crippen LogP contribution >= 0.6 is 0 Å². The van der Waals surface area contributed by atoms with Crippen LogP contribution in [0.25, 0.3) is 11.1 Å². The van der Waals surface area contributed by atoms with Crippen LogP contribution in [0.4, 0.5) is 14.5 Å². The third-order valence-electron chi connectivity index (χ3n) is 3.79. The van der Waals surface area contributed by atoms with E-state index in [0.29, 0.717) is 18.4 Å². The quantitative estimate of drug-likeness (QED) is 0.746. The molecule has 0 radical (unpaired) electrons. The standard InChI is InChI=1S/C17H15F2N/c1-10(12-3-6-14(18)7-4-12)13-5-8-16-15(9-13)11(2)17(19)20-16/h3,5-6,8-9,17,20H,1-2,4,7H2. The summed E-state index contributed by atoms with van der Waals surface area (Å²) >= 11 is 0. The zero-order valence-corrected chi connectivity index (χ0v) is 11.0. The minimum atomic E-state index is -1.22. The molecule has 1 N–H and O–H groups in total. The van der Waals surface area contributed by atoms with Crippen LogP contribution in [0.3, 0.4) is 0 Å². The zero-order valence-electron chi connectivity index (χ0n) is 11.0. The SMILES string of the molecule is C=C(C1=CC=C(F)CC1)c1ccc2c(c1)C(=C)C(F)N2. The van der Waals surface area contributed by atoms with Gasteiger partial charge in [0.05, 0.1) is 0 Å². The van der Waals surface area contributed by atoms with E-state index in [-0.39, 0.29) is 5.83 Å². The second-order valence-electron chi connectivity index (χ2n) is 5.08. The fraction of sp³-hybridized carbons (Fsp3) is 0.176. The third-order valence-corrected chi connectivity index (χ3v) is 3.79. The summed E-state index contributed by atoms with van der Waals surface area (Å²) in [6.07, 6.45) is 3.08. The fourth-order valence-electron chi connectivity index (χ4n) is 2.53. The van der Waals surface area contributed by atoms with Crippen molar-refractivity contribution in [3.05, 3.63) is 66.0 Å². The molecular weight excluding hydrogens is 256 g/mol. The summed E-state index contributed by atoms with van der Waals surface area (Å²) in [7, 11) is 0. The number of allylic oxidation sites excluding steroid dienone is 5. The van der Waals surface area contributed by atoms with E-state index in [1.165, 1.54) is 6.08 Å². The van der Waals surface area contributed by atoms with Gasteiger partial charge in [-0.15, -0.1) is 0 Å². The van der Waals surface area contributed by atoms with Gasteiger partial charge in [0.2, 0.25) is 0 Å². The molecule has 1 heterocycles. The number of fused-ring (bicyclic) bond motifs is 1. The summed E-state index contributed by atoms with van der Waals surface area (Å²) in [6, 6.07) is 5.62. The van der Waals surface area contributed by atoms with Crippen molar-refractivity contribution in [1.29, 1.82) is 0 Å². The van der Waals surface area contributed by atoms with Gasteiger partial charge in [-0.05, 0) is 41.3 Å². The molecule has 20 heavy (non-hydrogen) atoms. The highest BCUT2D eigenvalue weighted by Crippen LogP contribution is 2.38. The lowest BCUT2D eigenvalue weighted by molar-refractivity contribution is 0.460. The number of hydrogen-bond acceptors (Lipinski definition) is 1. The molecular formula is C17H15F2N. The smallest absolute Gasteiger partial charge is 0.196 e. The highest BCUT2D eigenvalue weighted by molar-refractivity contribution is 5.88. The number of alkyl halides is 1. The molecule has 3 heteroatoms. The first-order valence-electron chi connectivity index (χ1n) is 6.55. The molecule has 1 atom stereocenters. The number of anilines is 1. The minimum Gasteiger partial charge on any atom is -0.352 e. The molecule has 1 aliphatic heterocycles. The maximum Gasteiger partial charge on any atom is 0.196 e. The van der Waals surface area contributed by atoms with Gasteiger partial charge in [-0.2, -0.15) is 0 Å². The van der Waals surface area contributed by atoms with Crippen LogP contribution in [0.5, 0.6) is 0 Å². The van der Waals surface area contributed by atoms with Crippen LogP contribution in [-0.4, -0.2) is 6.30 Å². The molecule has 1 aliphatic carbocycles. The summed E-state index contributed by atoms with van der Waals surface area (Å²) in [5.41, 5.74) is 4.77. The van der Waals surface area contributed by atoms with E-state index in [9.17, 15) is 8.78 Å². The van der Waals surface area contributed by atoms with Gasteiger partial charge < -0.3 is 5.32 Å². The van der Waals surface area contributed by atoms with Gasteiger partial charge in [-0.3, -0.25) is 0 Å². The van der Waals surface area contributed by atoms with Gasteiger partial charge in [-0.25, -0.2) is 8.78 Å². The maximum atomic E-state index is 13.5. The highest BCUT2D eigenvalue weighted by Gasteiger charge is 2.24. The molecule has 1 aromatic carbocycles. The van der Waals surface area contributed by atoms with Gasteiger partial charge in [0.15, 0.2) is 6.30 Å². The van der Waals surface area contributed by atoms with E-state index in [4.69, 9.17) is 0 Å². The Morgan fingerprint density at radius 3 is 2.75 bits per heavy atom. The van der Waals surface area contributed by atoms with Crippen LogP contribution in [-0.2, 0) is 0 Å². The van der Waals surface area contributed by atoms with Crippen LogP contribution in [0.2, 0.25) is 0 Å².